The molecule has 1 aromatic carbocycles. The third-order valence-corrected chi connectivity index (χ3v) is 3.32. The van der Waals surface area contributed by atoms with Gasteiger partial charge in [0.25, 0.3) is 0 Å². The van der Waals surface area contributed by atoms with Gasteiger partial charge in [0, 0.05) is 11.1 Å². The predicted molar refractivity (Wildman–Crippen MR) is 62.3 cm³/mol. The highest BCUT2D eigenvalue weighted by Gasteiger charge is 2.32. The van der Waals surface area contributed by atoms with Gasteiger partial charge in [-0.1, -0.05) is 17.7 Å². The molecule has 1 unspecified atom stereocenters. The molecular weight excluding hydrogens is 186 g/mol. The molecule has 0 aromatic heterocycles. The van der Waals surface area contributed by atoms with Crippen LogP contribution in [-0.4, -0.2) is 13.7 Å². The largest absolute Gasteiger partial charge is 0.496 e. The summed E-state index contributed by atoms with van der Waals surface area (Å²) < 4.78 is 5.44. The number of benzene rings is 1. The lowest BCUT2D eigenvalue weighted by Crippen LogP contribution is -2.33. The summed E-state index contributed by atoms with van der Waals surface area (Å²) in [5, 5.41) is 3.57. The van der Waals surface area contributed by atoms with Crippen molar-refractivity contribution in [3.05, 3.63) is 29.3 Å². The third-order valence-electron chi connectivity index (χ3n) is 3.32. The SMILES string of the molecule is COc1ccc(C)cc1C1(C)CCCN1. The van der Waals surface area contributed by atoms with Crippen LogP contribution in [0.2, 0.25) is 0 Å². The van der Waals surface area contributed by atoms with Crippen LogP contribution in [0.1, 0.15) is 30.9 Å². The van der Waals surface area contributed by atoms with Crippen molar-refractivity contribution in [1.82, 2.24) is 5.32 Å². The van der Waals surface area contributed by atoms with E-state index in [1.54, 1.807) is 7.11 Å². The van der Waals surface area contributed by atoms with Gasteiger partial charge in [-0.3, -0.25) is 0 Å². The van der Waals surface area contributed by atoms with Gasteiger partial charge < -0.3 is 10.1 Å². The molecule has 0 saturated carbocycles. The van der Waals surface area contributed by atoms with Crippen LogP contribution in [-0.2, 0) is 5.54 Å². The van der Waals surface area contributed by atoms with E-state index >= 15 is 0 Å². The normalized spacial score (nSPS) is 25.5. The number of nitrogens with one attached hydrogen (secondary N) is 1. The van der Waals surface area contributed by atoms with E-state index in [0.717, 1.165) is 12.3 Å². The van der Waals surface area contributed by atoms with Gasteiger partial charge in [-0.2, -0.15) is 0 Å². The summed E-state index contributed by atoms with van der Waals surface area (Å²) in [5.74, 6) is 0.998. The highest BCUT2D eigenvalue weighted by atomic mass is 16.5. The van der Waals surface area contributed by atoms with E-state index in [9.17, 15) is 0 Å². The molecule has 0 bridgehead atoms. The molecule has 1 saturated heterocycles. The Morgan fingerprint density at radius 2 is 2.20 bits per heavy atom. The van der Waals surface area contributed by atoms with Gasteiger partial charge in [0.05, 0.1) is 7.11 Å². The monoisotopic (exact) mass is 205 g/mol. The Balaban J connectivity index is 2.44. The molecule has 0 aliphatic carbocycles. The van der Waals surface area contributed by atoms with Crippen LogP contribution in [0, 0.1) is 6.92 Å². The zero-order valence-corrected chi connectivity index (χ0v) is 9.76. The lowest BCUT2D eigenvalue weighted by atomic mass is 9.89. The number of aryl methyl sites for hydroxylation is 1. The molecule has 82 valence electrons. The van der Waals surface area contributed by atoms with Crippen molar-refractivity contribution in [2.75, 3.05) is 13.7 Å². The molecule has 0 spiro atoms. The van der Waals surface area contributed by atoms with Crippen LogP contribution in [0.25, 0.3) is 0 Å². The minimum Gasteiger partial charge on any atom is -0.496 e. The minimum atomic E-state index is 0.0946. The van der Waals surface area contributed by atoms with E-state index in [0.29, 0.717) is 0 Å². The molecule has 1 aromatic rings. The summed E-state index contributed by atoms with van der Waals surface area (Å²) in [5.41, 5.74) is 2.68. The average Bonchev–Trinajstić information content (AvgIpc) is 2.66. The Kier molecular flexibility index (Phi) is 2.70. The van der Waals surface area contributed by atoms with Crippen LogP contribution in [0.5, 0.6) is 5.75 Å². The standard InChI is InChI=1S/C13H19NO/c1-10-5-6-12(15-3)11(9-10)13(2)7-4-8-14-13/h5-6,9,14H,4,7-8H2,1-3H3. The van der Waals surface area contributed by atoms with Crippen LogP contribution in [0.15, 0.2) is 18.2 Å². The van der Waals surface area contributed by atoms with E-state index < -0.39 is 0 Å². The first-order valence-corrected chi connectivity index (χ1v) is 5.56. The van der Waals surface area contributed by atoms with Gasteiger partial charge in [-0.15, -0.1) is 0 Å². The van der Waals surface area contributed by atoms with Gasteiger partial charge in [0.2, 0.25) is 0 Å². The first kappa shape index (κ1) is 10.5. The average molecular weight is 205 g/mol. The summed E-state index contributed by atoms with van der Waals surface area (Å²) in [4.78, 5) is 0. The first-order valence-electron chi connectivity index (χ1n) is 5.56. The lowest BCUT2D eigenvalue weighted by molar-refractivity contribution is 0.371. The molecule has 0 radical (unpaired) electrons. The fourth-order valence-electron chi connectivity index (χ4n) is 2.38. The molecule has 1 aliphatic heterocycles. The van der Waals surface area contributed by atoms with Gasteiger partial charge in [-0.05, 0) is 39.3 Å². The first-order chi connectivity index (χ1) is 7.15. The Morgan fingerprint density at radius 1 is 1.40 bits per heavy atom. The van der Waals surface area contributed by atoms with Gasteiger partial charge >= 0.3 is 0 Å². The fraction of sp³-hybridized carbons (Fsp3) is 0.538. The van der Waals surface area contributed by atoms with Crippen LogP contribution >= 0.6 is 0 Å². The number of ether oxygens (including phenoxy) is 1. The van der Waals surface area contributed by atoms with Crippen molar-refractivity contribution < 1.29 is 4.74 Å². The van der Waals surface area contributed by atoms with Crippen molar-refractivity contribution in [2.45, 2.75) is 32.2 Å². The van der Waals surface area contributed by atoms with E-state index in [4.69, 9.17) is 4.74 Å². The van der Waals surface area contributed by atoms with Crippen LogP contribution < -0.4 is 10.1 Å². The Bertz CT molecular complexity index is 354. The molecule has 1 atom stereocenters. The highest BCUT2D eigenvalue weighted by molar-refractivity contribution is 5.42. The van der Waals surface area contributed by atoms with Gasteiger partial charge in [0.15, 0.2) is 0 Å². The Labute approximate surface area is 91.6 Å². The van der Waals surface area contributed by atoms with Crippen molar-refractivity contribution in [2.24, 2.45) is 0 Å². The smallest absolute Gasteiger partial charge is 0.123 e. The van der Waals surface area contributed by atoms with Gasteiger partial charge in [0.1, 0.15) is 5.75 Å². The topological polar surface area (TPSA) is 21.3 Å². The molecule has 1 aliphatic rings. The second-order valence-corrected chi connectivity index (χ2v) is 4.57. The third kappa shape index (κ3) is 1.86. The molecule has 0 amide bonds. The molecular formula is C13H19NO. The molecule has 1 N–H and O–H groups in total. The molecule has 15 heavy (non-hydrogen) atoms. The fourth-order valence-corrected chi connectivity index (χ4v) is 2.38. The quantitative estimate of drug-likeness (QED) is 0.801. The molecule has 2 rings (SSSR count). The lowest BCUT2D eigenvalue weighted by Gasteiger charge is -2.27. The molecule has 1 fully saturated rings. The van der Waals surface area contributed by atoms with Gasteiger partial charge in [-0.25, -0.2) is 0 Å². The zero-order chi connectivity index (χ0) is 10.9. The molecule has 2 heteroatoms. The molecule has 1 heterocycles. The Morgan fingerprint density at radius 3 is 2.80 bits per heavy atom. The number of hydrogen-bond acceptors (Lipinski definition) is 2. The maximum Gasteiger partial charge on any atom is 0.123 e. The maximum atomic E-state index is 5.44. The molecule has 2 nitrogen and oxygen atoms in total. The van der Waals surface area contributed by atoms with Crippen molar-refractivity contribution in [3.8, 4) is 5.75 Å². The van der Waals surface area contributed by atoms with E-state index in [-0.39, 0.29) is 5.54 Å². The second-order valence-electron chi connectivity index (χ2n) is 4.57. The number of hydrogen-bond donors (Lipinski definition) is 1. The van der Waals surface area contributed by atoms with E-state index in [1.807, 2.05) is 0 Å². The second kappa shape index (κ2) is 3.86. The van der Waals surface area contributed by atoms with Crippen molar-refractivity contribution in [1.29, 1.82) is 0 Å². The van der Waals surface area contributed by atoms with Crippen LogP contribution in [0.4, 0.5) is 0 Å². The zero-order valence-electron chi connectivity index (χ0n) is 9.76. The number of methoxy groups -OCH3 is 1. The Hall–Kier alpha value is -1.02. The summed E-state index contributed by atoms with van der Waals surface area (Å²) in [7, 11) is 1.74. The summed E-state index contributed by atoms with van der Waals surface area (Å²) in [6, 6.07) is 6.40. The summed E-state index contributed by atoms with van der Waals surface area (Å²) in [6.07, 6.45) is 2.43. The van der Waals surface area contributed by atoms with E-state index in [1.165, 1.54) is 24.0 Å². The summed E-state index contributed by atoms with van der Waals surface area (Å²) in [6.45, 7) is 5.49. The summed E-state index contributed by atoms with van der Waals surface area (Å²) >= 11 is 0. The highest BCUT2D eigenvalue weighted by Crippen LogP contribution is 2.36. The minimum absolute atomic E-state index is 0.0946. The maximum absolute atomic E-state index is 5.44. The number of rotatable bonds is 2. The van der Waals surface area contributed by atoms with Crippen LogP contribution in [0.3, 0.4) is 0 Å². The van der Waals surface area contributed by atoms with Crippen molar-refractivity contribution in [3.63, 3.8) is 0 Å². The predicted octanol–water partition coefficient (Wildman–Crippen LogP) is 2.60. The van der Waals surface area contributed by atoms with E-state index in [2.05, 4.69) is 37.4 Å². The van der Waals surface area contributed by atoms with Crippen molar-refractivity contribution >= 4 is 0 Å².